The van der Waals surface area contributed by atoms with Gasteiger partial charge in [0.2, 0.25) is 5.91 Å². The summed E-state index contributed by atoms with van der Waals surface area (Å²) in [5.41, 5.74) is 0. The number of nitrogens with one attached hydrogen (secondary N) is 1. The van der Waals surface area contributed by atoms with E-state index in [2.05, 4.69) is 67.8 Å². The highest BCUT2D eigenvalue weighted by molar-refractivity contribution is 5.76. The number of allylic oxidation sites excluding steroid dienone is 9. The van der Waals surface area contributed by atoms with Crippen LogP contribution in [0.25, 0.3) is 0 Å². The molecule has 3 saturated heterocycles. The second-order valence-corrected chi connectivity index (χ2v) is 21.4. The fraction of sp³-hybridized carbons (Fsp3) is 0.817. The van der Waals surface area contributed by atoms with E-state index in [0.717, 1.165) is 83.5 Å². The van der Waals surface area contributed by atoms with Crippen molar-refractivity contribution in [3.8, 4) is 0 Å². The first-order valence-electron chi connectivity index (χ1n) is 30.0. The van der Waals surface area contributed by atoms with Gasteiger partial charge in [0, 0.05) is 6.42 Å². The largest absolute Gasteiger partial charge is 0.394 e. The highest BCUT2D eigenvalue weighted by Crippen LogP contribution is 2.33. The third kappa shape index (κ3) is 27.2. The lowest BCUT2D eigenvalue weighted by Gasteiger charge is -2.48. The first-order chi connectivity index (χ1) is 38.3. The Balaban J connectivity index is 1.46. The van der Waals surface area contributed by atoms with Crippen LogP contribution in [0.15, 0.2) is 60.8 Å². The van der Waals surface area contributed by atoms with Crippen molar-refractivity contribution in [2.24, 2.45) is 0 Å². The fourth-order valence-electron chi connectivity index (χ4n) is 9.89. The summed E-state index contributed by atoms with van der Waals surface area (Å²) in [5, 5.41) is 120. The Morgan fingerprint density at radius 2 is 0.873 bits per heavy atom. The third-order valence-corrected chi connectivity index (χ3v) is 14.8. The predicted octanol–water partition coefficient (Wildman–Crippen LogP) is 5.26. The van der Waals surface area contributed by atoms with E-state index in [1.807, 2.05) is 6.08 Å². The molecular formula is C60H105NO18. The van der Waals surface area contributed by atoms with E-state index < -0.39 is 124 Å². The highest BCUT2D eigenvalue weighted by Gasteiger charge is 2.53. The summed E-state index contributed by atoms with van der Waals surface area (Å²) in [4.78, 5) is 13.3. The molecule has 19 heteroatoms. The molecule has 0 bridgehead atoms. The molecule has 0 aromatic rings. The van der Waals surface area contributed by atoms with Crippen LogP contribution < -0.4 is 5.32 Å². The molecule has 458 valence electrons. The number of aliphatic hydroxyl groups excluding tert-OH is 11. The normalized spacial score (nSPS) is 30.7. The minimum atomic E-state index is -1.98. The van der Waals surface area contributed by atoms with Gasteiger partial charge >= 0.3 is 0 Å². The Labute approximate surface area is 471 Å². The van der Waals surface area contributed by atoms with E-state index in [4.69, 9.17) is 28.4 Å². The zero-order valence-electron chi connectivity index (χ0n) is 47.6. The number of hydrogen-bond donors (Lipinski definition) is 12. The van der Waals surface area contributed by atoms with Crippen molar-refractivity contribution < 1.29 is 89.4 Å². The zero-order chi connectivity index (χ0) is 57.6. The molecule has 3 aliphatic heterocycles. The number of carbonyl (C=O) groups is 1. The summed E-state index contributed by atoms with van der Waals surface area (Å²) in [5.74, 6) is -0.285. The third-order valence-electron chi connectivity index (χ3n) is 14.8. The first-order valence-corrected chi connectivity index (χ1v) is 30.0. The van der Waals surface area contributed by atoms with Crippen LogP contribution in [0.2, 0.25) is 0 Å². The van der Waals surface area contributed by atoms with Crippen LogP contribution in [0.4, 0.5) is 0 Å². The molecule has 0 saturated carbocycles. The Bertz CT molecular complexity index is 1680. The monoisotopic (exact) mass is 1130 g/mol. The molecule has 3 aliphatic rings. The summed E-state index contributed by atoms with van der Waals surface area (Å²) < 4.78 is 34.2. The first kappa shape index (κ1) is 70.8. The SMILES string of the molecule is CC/C=C\C/C=C\C/C=C\C/C=C\CCCCCCCCCCCCC(=O)NC(COC1OC(CO)C(OC2OC(CO)C(OC3OC(CO)C(O)C(O)C3O)C(O)C2O)C(O)C1O)C(O)/C=C/CCCCCCCCCCC. The molecule has 3 rings (SSSR count). The van der Waals surface area contributed by atoms with E-state index in [-0.39, 0.29) is 18.9 Å². The molecule has 12 N–H and O–H groups in total. The highest BCUT2D eigenvalue weighted by atomic mass is 16.8. The number of unbranched alkanes of at least 4 members (excludes halogenated alkanes) is 19. The van der Waals surface area contributed by atoms with Crippen LogP contribution in [0.5, 0.6) is 0 Å². The lowest BCUT2D eigenvalue weighted by molar-refractivity contribution is -0.379. The van der Waals surface area contributed by atoms with Gasteiger partial charge in [-0.15, -0.1) is 0 Å². The quantitative estimate of drug-likeness (QED) is 0.0274. The maximum Gasteiger partial charge on any atom is 0.220 e. The van der Waals surface area contributed by atoms with Crippen molar-refractivity contribution >= 4 is 5.91 Å². The predicted molar refractivity (Wildman–Crippen MR) is 300 cm³/mol. The minimum Gasteiger partial charge on any atom is -0.394 e. The average Bonchev–Trinajstić information content (AvgIpc) is 3.49. The van der Waals surface area contributed by atoms with Crippen molar-refractivity contribution in [2.75, 3.05) is 26.4 Å². The summed E-state index contributed by atoms with van der Waals surface area (Å²) in [7, 11) is 0. The second-order valence-electron chi connectivity index (χ2n) is 21.4. The fourth-order valence-corrected chi connectivity index (χ4v) is 9.89. The molecule has 0 spiro atoms. The Morgan fingerprint density at radius 1 is 0.468 bits per heavy atom. The van der Waals surface area contributed by atoms with E-state index in [1.54, 1.807) is 6.08 Å². The Morgan fingerprint density at radius 3 is 1.37 bits per heavy atom. The summed E-state index contributed by atoms with van der Waals surface area (Å²) in [6.45, 7) is 1.57. The van der Waals surface area contributed by atoms with Gasteiger partial charge in [0.15, 0.2) is 18.9 Å². The molecule has 79 heavy (non-hydrogen) atoms. The molecule has 17 atom stereocenters. The zero-order valence-corrected chi connectivity index (χ0v) is 47.6. The van der Waals surface area contributed by atoms with Gasteiger partial charge in [-0.3, -0.25) is 4.79 Å². The molecule has 0 aromatic heterocycles. The Hall–Kier alpha value is -2.51. The average molecular weight is 1130 g/mol. The van der Waals surface area contributed by atoms with Gasteiger partial charge in [-0.25, -0.2) is 0 Å². The van der Waals surface area contributed by atoms with Gasteiger partial charge in [0.25, 0.3) is 0 Å². The minimum absolute atomic E-state index is 0.235. The maximum atomic E-state index is 13.3. The van der Waals surface area contributed by atoms with Crippen molar-refractivity contribution in [1.82, 2.24) is 5.32 Å². The molecule has 0 aliphatic carbocycles. The smallest absolute Gasteiger partial charge is 0.220 e. The molecule has 19 nitrogen and oxygen atoms in total. The number of ether oxygens (including phenoxy) is 6. The second kappa shape index (κ2) is 43.2. The number of aliphatic hydroxyl groups is 11. The summed E-state index contributed by atoms with van der Waals surface area (Å²) >= 11 is 0. The van der Waals surface area contributed by atoms with Crippen molar-refractivity contribution in [2.45, 2.75) is 285 Å². The van der Waals surface area contributed by atoms with Gasteiger partial charge in [0.05, 0.1) is 38.6 Å². The lowest BCUT2D eigenvalue weighted by atomic mass is 9.96. The molecule has 0 radical (unpaired) electrons. The number of rotatable bonds is 43. The maximum absolute atomic E-state index is 13.3. The number of amides is 1. The Kier molecular flexibility index (Phi) is 38.7. The molecule has 3 heterocycles. The number of hydrogen-bond acceptors (Lipinski definition) is 18. The van der Waals surface area contributed by atoms with Crippen LogP contribution in [0.3, 0.4) is 0 Å². The van der Waals surface area contributed by atoms with Crippen LogP contribution in [0.1, 0.15) is 181 Å². The summed E-state index contributed by atoms with van der Waals surface area (Å²) in [6, 6.07) is -0.976. The van der Waals surface area contributed by atoms with Crippen molar-refractivity contribution in [3.63, 3.8) is 0 Å². The van der Waals surface area contributed by atoms with Gasteiger partial charge in [-0.2, -0.15) is 0 Å². The van der Waals surface area contributed by atoms with Gasteiger partial charge < -0.3 is 89.9 Å². The topological polar surface area (TPSA) is 307 Å². The molecular weight excluding hydrogens is 1020 g/mol. The van der Waals surface area contributed by atoms with E-state index >= 15 is 0 Å². The molecule has 0 aromatic carbocycles. The van der Waals surface area contributed by atoms with Crippen LogP contribution in [-0.4, -0.2) is 193 Å². The van der Waals surface area contributed by atoms with Crippen LogP contribution in [0, 0.1) is 0 Å². The molecule has 17 unspecified atom stereocenters. The van der Waals surface area contributed by atoms with E-state index in [1.165, 1.54) is 70.6 Å². The lowest BCUT2D eigenvalue weighted by Crippen LogP contribution is -2.66. The van der Waals surface area contributed by atoms with Gasteiger partial charge in [-0.05, 0) is 57.8 Å². The van der Waals surface area contributed by atoms with Crippen molar-refractivity contribution in [1.29, 1.82) is 0 Å². The van der Waals surface area contributed by atoms with E-state index in [0.29, 0.717) is 6.42 Å². The standard InChI is InChI=1S/C60H105NO18/c1-3-5-7-9-11-13-15-16-17-18-19-20-21-22-23-24-25-26-28-30-32-34-36-38-48(66)61-43(44(65)37-35-33-31-29-27-14-12-10-8-6-4-2)42-74-58-54(72)51(69)56(46(40-63)76-58)79-60-55(73)52(70)57(47(41-64)77-60)78-59-53(71)50(68)49(67)45(39-62)75-59/h5,7,11,13,16-17,19-20,35,37,43-47,49-60,62-65,67-73H,3-4,6,8-10,12,14-15,18,21-34,36,38-42H2,1-2H3,(H,61,66)/b7-5-,13-11-,17-16-,20-19-,37-35+. The summed E-state index contributed by atoms with van der Waals surface area (Å²) in [6.07, 6.45) is 22.1. The van der Waals surface area contributed by atoms with Crippen LogP contribution in [-0.2, 0) is 33.2 Å². The van der Waals surface area contributed by atoms with Gasteiger partial charge in [-0.1, -0.05) is 177 Å². The van der Waals surface area contributed by atoms with Crippen molar-refractivity contribution in [3.05, 3.63) is 60.8 Å². The molecule has 3 fully saturated rings. The number of carbonyl (C=O) groups excluding carboxylic acids is 1. The van der Waals surface area contributed by atoms with Crippen LogP contribution >= 0.6 is 0 Å². The molecule has 1 amide bonds. The van der Waals surface area contributed by atoms with Gasteiger partial charge in [0.1, 0.15) is 73.2 Å². The van der Waals surface area contributed by atoms with E-state index in [9.17, 15) is 61.0 Å².